The fourth-order valence-corrected chi connectivity index (χ4v) is 2.18. The molecule has 2 N–H and O–H groups in total. The van der Waals surface area contributed by atoms with Crippen molar-refractivity contribution in [2.75, 3.05) is 32.8 Å². The van der Waals surface area contributed by atoms with Crippen LogP contribution in [0.1, 0.15) is 39.0 Å². The number of carbonyl (C=O) groups excluding carboxylic acids is 1. The highest BCUT2D eigenvalue weighted by Gasteiger charge is 2.14. The first-order valence-corrected chi connectivity index (χ1v) is 6.83. The first-order valence-electron chi connectivity index (χ1n) is 6.83. The Morgan fingerprint density at radius 1 is 1.29 bits per heavy atom. The molecule has 1 aliphatic heterocycles. The van der Waals surface area contributed by atoms with Crippen molar-refractivity contribution >= 4 is 5.91 Å². The molecule has 1 rings (SSSR count). The first kappa shape index (κ1) is 14.5. The van der Waals surface area contributed by atoms with E-state index in [-0.39, 0.29) is 12.5 Å². The van der Waals surface area contributed by atoms with Crippen molar-refractivity contribution in [1.29, 1.82) is 0 Å². The Labute approximate surface area is 104 Å². The molecular formula is C13H26N2O2. The molecule has 0 aliphatic carbocycles. The lowest BCUT2D eigenvalue weighted by molar-refractivity contribution is -0.130. The van der Waals surface area contributed by atoms with Gasteiger partial charge in [0.05, 0.1) is 6.54 Å². The molecule has 0 spiro atoms. The maximum absolute atomic E-state index is 11.9. The topological polar surface area (TPSA) is 52.6 Å². The fraction of sp³-hybridized carbons (Fsp3) is 0.923. The van der Waals surface area contributed by atoms with E-state index in [1.54, 1.807) is 0 Å². The third-order valence-corrected chi connectivity index (χ3v) is 3.35. The number of aliphatic hydroxyl groups excluding tert-OH is 1. The van der Waals surface area contributed by atoms with Gasteiger partial charge in [0, 0.05) is 19.7 Å². The number of aliphatic hydroxyl groups is 1. The Bertz CT molecular complexity index is 213. The molecule has 0 saturated carbocycles. The molecule has 17 heavy (non-hydrogen) atoms. The third kappa shape index (κ3) is 6.03. The van der Waals surface area contributed by atoms with Crippen molar-refractivity contribution in [3.63, 3.8) is 0 Å². The molecule has 4 nitrogen and oxygen atoms in total. The normalized spacial score (nSPS) is 18.8. The minimum atomic E-state index is 0.225. The van der Waals surface area contributed by atoms with Gasteiger partial charge < -0.3 is 15.3 Å². The Balaban J connectivity index is 2.15. The lowest BCUT2D eigenvalue weighted by Crippen LogP contribution is -2.39. The summed E-state index contributed by atoms with van der Waals surface area (Å²) >= 11 is 0. The summed E-state index contributed by atoms with van der Waals surface area (Å²) in [5, 5.41) is 12.0. The van der Waals surface area contributed by atoms with Crippen LogP contribution in [0.5, 0.6) is 0 Å². The van der Waals surface area contributed by atoms with E-state index in [0.29, 0.717) is 12.5 Å². The number of hydrogen-bond donors (Lipinski definition) is 2. The summed E-state index contributed by atoms with van der Waals surface area (Å²) in [6.45, 7) is 5.40. The number of nitrogens with zero attached hydrogens (tertiary/aromatic N) is 1. The van der Waals surface area contributed by atoms with Crippen LogP contribution in [0.15, 0.2) is 0 Å². The van der Waals surface area contributed by atoms with Gasteiger partial charge in [0.25, 0.3) is 0 Å². The van der Waals surface area contributed by atoms with Gasteiger partial charge in [-0.3, -0.25) is 4.79 Å². The van der Waals surface area contributed by atoms with Gasteiger partial charge in [-0.2, -0.15) is 0 Å². The smallest absolute Gasteiger partial charge is 0.236 e. The quantitative estimate of drug-likeness (QED) is 0.730. The van der Waals surface area contributed by atoms with Crippen LogP contribution in [0.4, 0.5) is 0 Å². The maximum atomic E-state index is 11.9. The average Bonchev–Trinajstić information content (AvgIpc) is 2.57. The number of amides is 1. The Morgan fingerprint density at radius 2 is 1.94 bits per heavy atom. The number of carbonyl (C=O) groups is 1. The number of rotatable bonds is 6. The van der Waals surface area contributed by atoms with Crippen LogP contribution in [0.3, 0.4) is 0 Å². The minimum Gasteiger partial charge on any atom is -0.396 e. The van der Waals surface area contributed by atoms with Crippen LogP contribution < -0.4 is 5.32 Å². The minimum absolute atomic E-state index is 0.225. The Kier molecular flexibility index (Phi) is 7.21. The van der Waals surface area contributed by atoms with Crippen molar-refractivity contribution in [3.8, 4) is 0 Å². The number of likely N-dealkylation sites (tertiary alicyclic amines) is 1. The molecule has 100 valence electrons. The molecule has 1 unspecified atom stereocenters. The Morgan fingerprint density at radius 3 is 2.53 bits per heavy atom. The van der Waals surface area contributed by atoms with E-state index in [9.17, 15) is 4.79 Å². The maximum Gasteiger partial charge on any atom is 0.236 e. The highest BCUT2D eigenvalue weighted by atomic mass is 16.3. The Hall–Kier alpha value is -0.610. The van der Waals surface area contributed by atoms with E-state index in [1.807, 2.05) is 4.90 Å². The second-order valence-electron chi connectivity index (χ2n) is 5.04. The van der Waals surface area contributed by atoms with Gasteiger partial charge in [0.2, 0.25) is 5.91 Å². The van der Waals surface area contributed by atoms with E-state index >= 15 is 0 Å². The molecule has 1 aliphatic rings. The van der Waals surface area contributed by atoms with Gasteiger partial charge >= 0.3 is 0 Å². The van der Waals surface area contributed by atoms with Crippen LogP contribution in [-0.2, 0) is 4.79 Å². The molecule has 4 heteroatoms. The molecule has 0 aromatic rings. The molecule has 1 fully saturated rings. The summed E-state index contributed by atoms with van der Waals surface area (Å²) in [7, 11) is 0. The first-order chi connectivity index (χ1) is 8.24. The average molecular weight is 242 g/mol. The van der Waals surface area contributed by atoms with Crippen LogP contribution >= 0.6 is 0 Å². The second kappa shape index (κ2) is 8.48. The predicted molar refractivity (Wildman–Crippen MR) is 68.8 cm³/mol. The molecular weight excluding hydrogens is 216 g/mol. The SMILES string of the molecule is CC(CCO)CNCC(=O)N1CCCCCC1. The fourth-order valence-electron chi connectivity index (χ4n) is 2.18. The number of nitrogens with one attached hydrogen (secondary N) is 1. The van der Waals surface area contributed by atoms with E-state index in [1.165, 1.54) is 12.8 Å². The predicted octanol–water partition coefficient (Wildman–Crippen LogP) is 0.997. The van der Waals surface area contributed by atoms with E-state index < -0.39 is 0 Å². The standard InChI is InChI=1S/C13H26N2O2/c1-12(6-9-16)10-14-11-13(17)15-7-4-2-3-5-8-15/h12,14,16H,2-11H2,1H3. The van der Waals surface area contributed by atoms with Crippen molar-refractivity contribution < 1.29 is 9.90 Å². The van der Waals surface area contributed by atoms with Gasteiger partial charge in [-0.05, 0) is 31.7 Å². The van der Waals surface area contributed by atoms with Crippen molar-refractivity contribution in [1.82, 2.24) is 10.2 Å². The molecule has 1 saturated heterocycles. The molecule has 0 bridgehead atoms. The van der Waals surface area contributed by atoms with Gasteiger partial charge in [0.1, 0.15) is 0 Å². The monoisotopic (exact) mass is 242 g/mol. The van der Waals surface area contributed by atoms with E-state index in [0.717, 1.165) is 38.9 Å². The zero-order chi connectivity index (χ0) is 12.5. The third-order valence-electron chi connectivity index (χ3n) is 3.35. The van der Waals surface area contributed by atoms with Crippen LogP contribution in [0, 0.1) is 5.92 Å². The van der Waals surface area contributed by atoms with Crippen LogP contribution in [0.25, 0.3) is 0 Å². The van der Waals surface area contributed by atoms with Crippen molar-refractivity contribution in [2.24, 2.45) is 5.92 Å². The van der Waals surface area contributed by atoms with Crippen molar-refractivity contribution in [2.45, 2.75) is 39.0 Å². The second-order valence-corrected chi connectivity index (χ2v) is 5.04. The van der Waals surface area contributed by atoms with E-state index in [2.05, 4.69) is 12.2 Å². The molecule has 0 radical (unpaired) electrons. The number of hydrogen-bond acceptors (Lipinski definition) is 3. The van der Waals surface area contributed by atoms with Crippen LogP contribution in [-0.4, -0.2) is 48.7 Å². The van der Waals surface area contributed by atoms with Gasteiger partial charge in [0.15, 0.2) is 0 Å². The van der Waals surface area contributed by atoms with Crippen LogP contribution in [0.2, 0.25) is 0 Å². The molecule has 0 aromatic carbocycles. The van der Waals surface area contributed by atoms with E-state index in [4.69, 9.17) is 5.11 Å². The summed E-state index contributed by atoms with van der Waals surface area (Å²) < 4.78 is 0. The zero-order valence-electron chi connectivity index (χ0n) is 11.0. The molecule has 1 amide bonds. The lowest BCUT2D eigenvalue weighted by atomic mass is 10.1. The summed E-state index contributed by atoms with van der Waals surface area (Å²) in [5.41, 5.74) is 0. The summed E-state index contributed by atoms with van der Waals surface area (Å²) in [4.78, 5) is 13.9. The highest BCUT2D eigenvalue weighted by Crippen LogP contribution is 2.09. The highest BCUT2D eigenvalue weighted by molar-refractivity contribution is 5.78. The summed E-state index contributed by atoms with van der Waals surface area (Å²) in [6.07, 6.45) is 5.60. The largest absolute Gasteiger partial charge is 0.396 e. The summed E-state index contributed by atoms with van der Waals surface area (Å²) in [6, 6.07) is 0. The molecule has 0 aromatic heterocycles. The van der Waals surface area contributed by atoms with Crippen molar-refractivity contribution in [3.05, 3.63) is 0 Å². The summed E-state index contributed by atoms with van der Waals surface area (Å²) in [5.74, 6) is 0.653. The lowest BCUT2D eigenvalue weighted by Gasteiger charge is -2.21. The zero-order valence-corrected chi connectivity index (χ0v) is 11.0. The van der Waals surface area contributed by atoms with Gasteiger partial charge in [-0.25, -0.2) is 0 Å². The van der Waals surface area contributed by atoms with Gasteiger partial charge in [-0.1, -0.05) is 19.8 Å². The molecule has 1 atom stereocenters. The van der Waals surface area contributed by atoms with Gasteiger partial charge in [-0.15, -0.1) is 0 Å². The molecule has 1 heterocycles.